The number of nitrogens with zero attached hydrogens (tertiary/aromatic N) is 2. The van der Waals surface area contributed by atoms with Crippen LogP contribution >= 0.6 is 0 Å². The number of imide groups is 1. The SMILES string of the molecule is CN1CC2(Cc3ccc4c(C5CCC(=O)NC5=O)noc4c3C2)C1. The van der Waals surface area contributed by atoms with Gasteiger partial charge in [0, 0.05) is 35.9 Å². The van der Waals surface area contributed by atoms with Crippen molar-refractivity contribution in [1.82, 2.24) is 15.4 Å². The summed E-state index contributed by atoms with van der Waals surface area (Å²) in [6, 6.07) is 4.20. The van der Waals surface area contributed by atoms with Crippen LogP contribution in [0.2, 0.25) is 0 Å². The van der Waals surface area contributed by atoms with Crippen LogP contribution in [-0.4, -0.2) is 42.0 Å². The van der Waals surface area contributed by atoms with Crippen molar-refractivity contribution in [3.63, 3.8) is 0 Å². The standard InChI is InChI=1S/C18H19N3O3/c1-21-8-18(9-21)6-10-2-3-11-15(20-24-16(11)13(10)7-18)12-4-5-14(22)19-17(12)23/h2-3,12H,4-9H2,1H3,(H,19,22,23). The summed E-state index contributed by atoms with van der Waals surface area (Å²) in [5.41, 5.74) is 4.46. The number of likely N-dealkylation sites (tertiary alicyclic amines) is 1. The smallest absolute Gasteiger partial charge is 0.235 e. The summed E-state index contributed by atoms with van der Waals surface area (Å²) in [6.07, 6.45) is 2.97. The minimum absolute atomic E-state index is 0.207. The highest BCUT2D eigenvalue weighted by atomic mass is 16.5. The van der Waals surface area contributed by atoms with Crippen molar-refractivity contribution in [1.29, 1.82) is 0 Å². The van der Waals surface area contributed by atoms with E-state index in [1.807, 2.05) is 6.07 Å². The predicted molar refractivity (Wildman–Crippen MR) is 86.5 cm³/mol. The molecule has 24 heavy (non-hydrogen) atoms. The van der Waals surface area contributed by atoms with Gasteiger partial charge in [0.25, 0.3) is 0 Å². The van der Waals surface area contributed by atoms with E-state index in [4.69, 9.17) is 4.52 Å². The molecule has 1 atom stereocenters. The molecule has 0 radical (unpaired) electrons. The fourth-order valence-electron chi connectivity index (χ4n) is 4.85. The monoisotopic (exact) mass is 325 g/mol. The Morgan fingerprint density at radius 3 is 2.88 bits per heavy atom. The maximum atomic E-state index is 12.2. The average Bonchev–Trinajstić information content (AvgIpc) is 3.07. The number of fused-ring (bicyclic) bond motifs is 3. The van der Waals surface area contributed by atoms with Crippen molar-refractivity contribution >= 4 is 22.8 Å². The lowest BCUT2D eigenvalue weighted by Crippen LogP contribution is -2.54. The van der Waals surface area contributed by atoms with E-state index in [1.54, 1.807) is 0 Å². The number of hydrogen-bond acceptors (Lipinski definition) is 5. The highest BCUT2D eigenvalue weighted by molar-refractivity contribution is 6.02. The summed E-state index contributed by atoms with van der Waals surface area (Å²) in [4.78, 5) is 25.9. The van der Waals surface area contributed by atoms with Crippen LogP contribution in [0.4, 0.5) is 0 Å². The van der Waals surface area contributed by atoms with Gasteiger partial charge in [0.2, 0.25) is 11.8 Å². The minimum atomic E-state index is -0.396. The molecule has 1 spiro atoms. The zero-order valence-corrected chi connectivity index (χ0v) is 13.6. The Hall–Kier alpha value is -2.21. The van der Waals surface area contributed by atoms with E-state index >= 15 is 0 Å². The fraction of sp³-hybridized carbons (Fsp3) is 0.500. The topological polar surface area (TPSA) is 75.4 Å². The second kappa shape index (κ2) is 4.66. The number of piperidine rings is 1. The molecule has 6 heteroatoms. The van der Waals surface area contributed by atoms with Gasteiger partial charge in [-0.3, -0.25) is 14.9 Å². The van der Waals surface area contributed by atoms with Crippen molar-refractivity contribution in [3.8, 4) is 0 Å². The molecule has 0 saturated carbocycles. The van der Waals surface area contributed by atoms with Gasteiger partial charge in [0.05, 0.1) is 5.92 Å². The summed E-state index contributed by atoms with van der Waals surface area (Å²) in [5, 5.41) is 7.55. The highest BCUT2D eigenvalue weighted by Gasteiger charge is 2.46. The van der Waals surface area contributed by atoms with E-state index in [-0.39, 0.29) is 11.8 Å². The van der Waals surface area contributed by atoms with Gasteiger partial charge >= 0.3 is 0 Å². The molecule has 6 nitrogen and oxygen atoms in total. The molecule has 1 unspecified atom stereocenters. The Morgan fingerprint density at radius 2 is 2.12 bits per heavy atom. The zero-order chi connectivity index (χ0) is 16.5. The van der Waals surface area contributed by atoms with E-state index in [0.29, 0.717) is 24.0 Å². The maximum absolute atomic E-state index is 12.2. The minimum Gasteiger partial charge on any atom is -0.356 e. The Kier molecular flexibility index (Phi) is 2.75. The molecule has 3 heterocycles. The number of carbonyl (C=O) groups excluding carboxylic acids is 2. The van der Waals surface area contributed by atoms with Gasteiger partial charge in [0.1, 0.15) is 5.69 Å². The van der Waals surface area contributed by atoms with E-state index in [0.717, 1.165) is 36.9 Å². The lowest BCUT2D eigenvalue weighted by molar-refractivity contribution is -0.134. The van der Waals surface area contributed by atoms with Crippen LogP contribution in [0.15, 0.2) is 16.7 Å². The molecule has 124 valence electrons. The second-order valence-electron chi connectivity index (χ2n) is 7.68. The van der Waals surface area contributed by atoms with Crippen molar-refractivity contribution in [3.05, 3.63) is 29.0 Å². The van der Waals surface area contributed by atoms with Crippen molar-refractivity contribution in [2.24, 2.45) is 5.41 Å². The van der Waals surface area contributed by atoms with Gasteiger partial charge in [0.15, 0.2) is 5.58 Å². The molecule has 2 aliphatic heterocycles. The number of benzene rings is 1. The van der Waals surface area contributed by atoms with Crippen molar-refractivity contribution < 1.29 is 14.1 Å². The molecule has 2 amide bonds. The molecule has 1 N–H and O–H groups in total. The first-order valence-corrected chi connectivity index (χ1v) is 8.47. The third kappa shape index (κ3) is 1.89. The molecular weight excluding hydrogens is 306 g/mol. The van der Waals surface area contributed by atoms with Gasteiger partial charge in [-0.2, -0.15) is 0 Å². The Labute approximate surface area is 139 Å². The average molecular weight is 325 g/mol. The van der Waals surface area contributed by atoms with E-state index in [9.17, 15) is 9.59 Å². The Bertz CT molecular complexity index is 879. The van der Waals surface area contributed by atoms with Gasteiger partial charge in [-0.15, -0.1) is 0 Å². The summed E-state index contributed by atoms with van der Waals surface area (Å²) in [6.45, 7) is 2.24. The largest absolute Gasteiger partial charge is 0.356 e. The summed E-state index contributed by atoms with van der Waals surface area (Å²) in [7, 11) is 2.15. The molecule has 2 aromatic rings. The summed E-state index contributed by atoms with van der Waals surface area (Å²) < 4.78 is 5.68. The van der Waals surface area contributed by atoms with Crippen LogP contribution in [0.3, 0.4) is 0 Å². The number of amides is 2. The van der Waals surface area contributed by atoms with Crippen LogP contribution in [0.5, 0.6) is 0 Å². The maximum Gasteiger partial charge on any atom is 0.235 e. The number of carbonyl (C=O) groups is 2. The first-order valence-electron chi connectivity index (χ1n) is 8.47. The molecular formula is C18H19N3O3. The summed E-state index contributed by atoms with van der Waals surface area (Å²) in [5.74, 6) is -0.868. The molecule has 5 rings (SSSR count). The molecule has 2 fully saturated rings. The lowest BCUT2D eigenvalue weighted by atomic mass is 9.77. The highest BCUT2D eigenvalue weighted by Crippen LogP contribution is 2.46. The molecule has 1 aliphatic carbocycles. The zero-order valence-electron chi connectivity index (χ0n) is 13.6. The predicted octanol–water partition coefficient (Wildman–Crippen LogP) is 1.38. The third-order valence-electron chi connectivity index (χ3n) is 5.77. The fourth-order valence-corrected chi connectivity index (χ4v) is 4.85. The first kappa shape index (κ1) is 14.2. The lowest BCUT2D eigenvalue weighted by Gasteiger charge is -2.46. The van der Waals surface area contributed by atoms with Crippen molar-refractivity contribution in [2.45, 2.75) is 31.6 Å². The number of rotatable bonds is 1. The number of aromatic nitrogens is 1. The normalized spacial score (nSPS) is 25.8. The number of hydrogen-bond donors (Lipinski definition) is 1. The Morgan fingerprint density at radius 1 is 1.29 bits per heavy atom. The van der Waals surface area contributed by atoms with E-state index in [2.05, 4.69) is 28.5 Å². The first-order chi connectivity index (χ1) is 11.5. The summed E-state index contributed by atoms with van der Waals surface area (Å²) >= 11 is 0. The molecule has 3 aliphatic rings. The number of nitrogens with one attached hydrogen (secondary N) is 1. The molecule has 2 saturated heterocycles. The molecule has 0 bridgehead atoms. The van der Waals surface area contributed by atoms with Crippen LogP contribution in [0, 0.1) is 5.41 Å². The van der Waals surface area contributed by atoms with E-state index in [1.165, 1.54) is 11.1 Å². The quantitative estimate of drug-likeness (QED) is 0.802. The van der Waals surface area contributed by atoms with Crippen LogP contribution in [-0.2, 0) is 22.4 Å². The molecule has 1 aromatic carbocycles. The van der Waals surface area contributed by atoms with Gasteiger partial charge in [-0.1, -0.05) is 11.2 Å². The second-order valence-corrected chi connectivity index (χ2v) is 7.68. The van der Waals surface area contributed by atoms with Gasteiger partial charge in [-0.05, 0) is 37.9 Å². The van der Waals surface area contributed by atoms with E-state index < -0.39 is 5.92 Å². The van der Waals surface area contributed by atoms with Crippen LogP contribution < -0.4 is 5.32 Å². The van der Waals surface area contributed by atoms with Crippen molar-refractivity contribution in [2.75, 3.05) is 20.1 Å². The molecule has 1 aromatic heterocycles. The van der Waals surface area contributed by atoms with Gasteiger partial charge < -0.3 is 9.42 Å². The van der Waals surface area contributed by atoms with Crippen LogP contribution in [0.1, 0.15) is 35.6 Å². The third-order valence-corrected chi connectivity index (χ3v) is 5.77. The Balaban J connectivity index is 1.54. The van der Waals surface area contributed by atoms with Gasteiger partial charge in [-0.25, -0.2) is 0 Å². The van der Waals surface area contributed by atoms with Crippen LogP contribution in [0.25, 0.3) is 11.0 Å².